The van der Waals surface area contributed by atoms with Gasteiger partial charge in [-0.1, -0.05) is 23.7 Å². The third-order valence-corrected chi connectivity index (χ3v) is 4.28. The van der Waals surface area contributed by atoms with Gasteiger partial charge in [-0.25, -0.2) is 0 Å². The van der Waals surface area contributed by atoms with Gasteiger partial charge in [-0.3, -0.25) is 4.79 Å². The summed E-state index contributed by atoms with van der Waals surface area (Å²) >= 11 is 7.53. The number of carbonyl (C=O) groups excluding carboxylic acids is 1. The van der Waals surface area contributed by atoms with Crippen LogP contribution in [0.4, 0.5) is 0 Å². The highest BCUT2D eigenvalue weighted by Crippen LogP contribution is 2.28. The fourth-order valence-corrected chi connectivity index (χ4v) is 2.46. The Labute approximate surface area is 105 Å². The normalized spacial score (nSPS) is 14.4. The lowest BCUT2D eigenvalue weighted by Gasteiger charge is -2.24. The summed E-state index contributed by atoms with van der Waals surface area (Å²) in [5, 5.41) is 3.62. The first kappa shape index (κ1) is 13.4. The number of likely N-dealkylation sites (N-methyl/N-ethyl adjacent to an activating group) is 1. The van der Waals surface area contributed by atoms with Gasteiger partial charge in [-0.05, 0) is 26.1 Å². The van der Waals surface area contributed by atoms with Crippen LogP contribution in [-0.4, -0.2) is 24.2 Å². The van der Waals surface area contributed by atoms with Crippen molar-refractivity contribution in [3.05, 3.63) is 29.3 Å². The van der Waals surface area contributed by atoms with Crippen LogP contribution in [0.2, 0.25) is 5.02 Å². The lowest BCUT2D eigenvalue weighted by molar-refractivity contribution is -0.122. The van der Waals surface area contributed by atoms with E-state index >= 15 is 0 Å². The first-order valence-electron chi connectivity index (χ1n) is 4.86. The van der Waals surface area contributed by atoms with Crippen LogP contribution in [0.3, 0.4) is 0 Å². The minimum atomic E-state index is -0.718. The molecule has 0 fully saturated rings. The quantitative estimate of drug-likeness (QED) is 0.793. The molecule has 0 spiro atoms. The average Bonchev–Trinajstić information content (AvgIpc) is 2.27. The van der Waals surface area contributed by atoms with Crippen LogP contribution < -0.4 is 11.1 Å². The minimum absolute atomic E-state index is 0.366. The number of nitrogens with two attached hydrogens (primary N) is 1. The number of thioether (sulfide) groups is 1. The summed E-state index contributed by atoms with van der Waals surface area (Å²) in [5.74, 6) is 0.178. The summed E-state index contributed by atoms with van der Waals surface area (Å²) in [6.45, 7) is 1.78. The number of carbonyl (C=O) groups is 1. The van der Waals surface area contributed by atoms with Crippen molar-refractivity contribution in [3.63, 3.8) is 0 Å². The van der Waals surface area contributed by atoms with E-state index in [-0.39, 0.29) is 5.91 Å². The summed E-state index contributed by atoms with van der Waals surface area (Å²) in [7, 11) is 1.72. The molecule has 1 aromatic carbocycles. The van der Waals surface area contributed by atoms with E-state index in [1.165, 1.54) is 11.8 Å². The van der Waals surface area contributed by atoms with Gasteiger partial charge >= 0.3 is 0 Å². The van der Waals surface area contributed by atoms with Gasteiger partial charge in [0, 0.05) is 10.6 Å². The SMILES string of the molecule is CNC(C)(CSc1ccccc1Cl)C(N)=O. The number of hydrogen-bond acceptors (Lipinski definition) is 3. The van der Waals surface area contributed by atoms with Crippen molar-refractivity contribution in [3.8, 4) is 0 Å². The van der Waals surface area contributed by atoms with Crippen LogP contribution in [0.15, 0.2) is 29.2 Å². The molecule has 0 aliphatic heterocycles. The second-order valence-corrected chi connectivity index (χ2v) is 5.09. The average molecular weight is 259 g/mol. The number of nitrogens with one attached hydrogen (secondary N) is 1. The molecule has 1 unspecified atom stereocenters. The van der Waals surface area contributed by atoms with Crippen LogP contribution in [-0.2, 0) is 4.79 Å². The molecule has 0 heterocycles. The third kappa shape index (κ3) is 3.14. The van der Waals surface area contributed by atoms with Crippen molar-refractivity contribution in [2.45, 2.75) is 17.4 Å². The molecule has 16 heavy (non-hydrogen) atoms. The van der Waals surface area contributed by atoms with Crippen LogP contribution in [0.25, 0.3) is 0 Å². The summed E-state index contributed by atoms with van der Waals surface area (Å²) in [5.41, 5.74) is 4.62. The Morgan fingerprint density at radius 2 is 2.19 bits per heavy atom. The van der Waals surface area contributed by atoms with E-state index in [0.717, 1.165) is 4.90 Å². The number of hydrogen-bond donors (Lipinski definition) is 2. The van der Waals surface area contributed by atoms with Crippen LogP contribution in [0.5, 0.6) is 0 Å². The summed E-state index contributed by atoms with van der Waals surface area (Å²) in [6, 6.07) is 7.53. The molecule has 0 saturated heterocycles. The van der Waals surface area contributed by atoms with E-state index in [2.05, 4.69) is 5.32 Å². The second-order valence-electron chi connectivity index (χ2n) is 3.67. The Bertz CT molecular complexity index is 386. The molecule has 0 aromatic heterocycles. The zero-order valence-electron chi connectivity index (χ0n) is 9.29. The Morgan fingerprint density at radius 3 is 2.69 bits per heavy atom. The predicted molar refractivity (Wildman–Crippen MR) is 68.8 cm³/mol. The van der Waals surface area contributed by atoms with E-state index in [0.29, 0.717) is 10.8 Å². The van der Waals surface area contributed by atoms with E-state index in [9.17, 15) is 4.79 Å². The molecule has 1 amide bonds. The zero-order chi connectivity index (χ0) is 12.2. The van der Waals surface area contributed by atoms with Gasteiger partial charge in [0.1, 0.15) is 5.54 Å². The molecule has 1 rings (SSSR count). The van der Waals surface area contributed by atoms with Gasteiger partial charge < -0.3 is 11.1 Å². The monoisotopic (exact) mass is 258 g/mol. The van der Waals surface area contributed by atoms with Crippen molar-refractivity contribution in [2.24, 2.45) is 5.73 Å². The molecule has 3 N–H and O–H groups in total. The topological polar surface area (TPSA) is 55.1 Å². The number of halogens is 1. The molecule has 3 nitrogen and oxygen atoms in total. The first-order chi connectivity index (χ1) is 7.49. The maximum absolute atomic E-state index is 11.3. The molecule has 0 saturated carbocycles. The molecule has 0 aliphatic rings. The van der Waals surface area contributed by atoms with Gasteiger partial charge in [-0.2, -0.15) is 0 Å². The van der Waals surface area contributed by atoms with Crippen molar-refractivity contribution in [1.29, 1.82) is 0 Å². The van der Waals surface area contributed by atoms with Crippen molar-refractivity contribution < 1.29 is 4.79 Å². The standard InChI is InChI=1S/C11H15ClN2OS/c1-11(14-2,10(13)15)7-16-9-6-4-3-5-8(9)12/h3-6,14H,7H2,1-2H3,(H2,13,15). The maximum Gasteiger partial charge on any atom is 0.238 e. The molecule has 88 valence electrons. The van der Waals surface area contributed by atoms with Crippen LogP contribution in [0, 0.1) is 0 Å². The fourth-order valence-electron chi connectivity index (χ4n) is 1.05. The number of primary amides is 1. The van der Waals surface area contributed by atoms with Gasteiger partial charge in [0.05, 0.1) is 5.02 Å². The van der Waals surface area contributed by atoms with Crippen LogP contribution in [0.1, 0.15) is 6.92 Å². The molecule has 0 bridgehead atoms. The molecule has 0 radical (unpaired) electrons. The highest BCUT2D eigenvalue weighted by Gasteiger charge is 2.29. The van der Waals surface area contributed by atoms with E-state index in [4.69, 9.17) is 17.3 Å². The molecule has 0 aliphatic carbocycles. The minimum Gasteiger partial charge on any atom is -0.368 e. The Hall–Kier alpha value is -0.710. The second kappa shape index (κ2) is 5.57. The Kier molecular flexibility index (Phi) is 4.65. The molecular formula is C11H15ClN2OS. The maximum atomic E-state index is 11.3. The smallest absolute Gasteiger partial charge is 0.238 e. The van der Waals surface area contributed by atoms with Gasteiger partial charge in [0.25, 0.3) is 0 Å². The predicted octanol–water partition coefficient (Wildman–Crippen LogP) is 1.90. The fraction of sp³-hybridized carbons (Fsp3) is 0.364. The highest BCUT2D eigenvalue weighted by molar-refractivity contribution is 7.99. The lowest BCUT2D eigenvalue weighted by atomic mass is 10.1. The third-order valence-electron chi connectivity index (χ3n) is 2.45. The Balaban J connectivity index is 2.71. The molecule has 1 aromatic rings. The van der Waals surface area contributed by atoms with Crippen molar-refractivity contribution >= 4 is 29.3 Å². The first-order valence-corrected chi connectivity index (χ1v) is 6.22. The molecular weight excluding hydrogens is 244 g/mol. The number of benzene rings is 1. The van der Waals surface area contributed by atoms with E-state index in [1.54, 1.807) is 14.0 Å². The van der Waals surface area contributed by atoms with Gasteiger partial charge in [0.2, 0.25) is 5.91 Å². The highest BCUT2D eigenvalue weighted by atomic mass is 35.5. The lowest BCUT2D eigenvalue weighted by Crippen LogP contribution is -2.53. The number of amides is 1. The molecule has 1 atom stereocenters. The van der Waals surface area contributed by atoms with Crippen LogP contribution >= 0.6 is 23.4 Å². The summed E-state index contributed by atoms with van der Waals surface area (Å²) in [6.07, 6.45) is 0. The summed E-state index contributed by atoms with van der Waals surface area (Å²) < 4.78 is 0. The van der Waals surface area contributed by atoms with Crippen molar-refractivity contribution in [2.75, 3.05) is 12.8 Å². The molecule has 5 heteroatoms. The summed E-state index contributed by atoms with van der Waals surface area (Å²) in [4.78, 5) is 12.2. The van der Waals surface area contributed by atoms with E-state index in [1.807, 2.05) is 24.3 Å². The van der Waals surface area contributed by atoms with E-state index < -0.39 is 5.54 Å². The van der Waals surface area contributed by atoms with Gasteiger partial charge in [0.15, 0.2) is 0 Å². The van der Waals surface area contributed by atoms with Gasteiger partial charge in [-0.15, -0.1) is 11.8 Å². The zero-order valence-corrected chi connectivity index (χ0v) is 10.9. The number of rotatable bonds is 5. The Morgan fingerprint density at radius 1 is 1.56 bits per heavy atom. The largest absolute Gasteiger partial charge is 0.368 e. The van der Waals surface area contributed by atoms with Crippen molar-refractivity contribution in [1.82, 2.24) is 5.32 Å².